The van der Waals surface area contributed by atoms with Gasteiger partial charge >= 0.3 is 5.97 Å². The van der Waals surface area contributed by atoms with Gasteiger partial charge in [-0.3, -0.25) is 9.59 Å². The lowest BCUT2D eigenvalue weighted by atomic mass is 10.0. The highest BCUT2D eigenvalue weighted by molar-refractivity contribution is 9.09. The van der Waals surface area contributed by atoms with E-state index in [1.807, 2.05) is 0 Å². The molecule has 0 fully saturated rings. The van der Waals surface area contributed by atoms with Crippen LogP contribution in [0.15, 0.2) is 0 Å². The summed E-state index contributed by atoms with van der Waals surface area (Å²) in [5.74, 6) is -0.318. The average Bonchev–Trinajstić information content (AvgIpc) is 2.11. The van der Waals surface area contributed by atoms with Crippen LogP contribution in [0.3, 0.4) is 0 Å². The second kappa shape index (κ2) is 6.17. The largest absolute Gasteiger partial charge is 0.469 e. The van der Waals surface area contributed by atoms with Crippen molar-refractivity contribution in [1.29, 1.82) is 0 Å². The van der Waals surface area contributed by atoms with E-state index in [1.165, 1.54) is 7.11 Å². The van der Waals surface area contributed by atoms with Crippen LogP contribution in [0, 0.1) is 5.92 Å². The maximum atomic E-state index is 10.9. The quantitative estimate of drug-likeness (QED) is 0.538. The first-order valence-electron chi connectivity index (χ1n) is 3.77. The van der Waals surface area contributed by atoms with E-state index in [0.717, 1.165) is 0 Å². The van der Waals surface area contributed by atoms with Crippen molar-refractivity contribution in [3.8, 4) is 0 Å². The molecule has 0 saturated heterocycles. The van der Waals surface area contributed by atoms with E-state index < -0.39 is 0 Å². The Morgan fingerprint density at radius 3 is 2.50 bits per heavy atom. The van der Waals surface area contributed by atoms with E-state index in [0.29, 0.717) is 18.2 Å². The first-order chi connectivity index (χ1) is 5.61. The fourth-order valence-electron chi connectivity index (χ4n) is 0.763. The van der Waals surface area contributed by atoms with Gasteiger partial charge in [0.15, 0.2) is 0 Å². The first-order valence-corrected chi connectivity index (χ1v) is 4.89. The summed E-state index contributed by atoms with van der Waals surface area (Å²) in [6.45, 7) is 1.76. The molecule has 12 heavy (non-hydrogen) atoms. The molecule has 0 aromatic rings. The minimum absolute atomic E-state index is 0.116. The number of ketones is 1. The van der Waals surface area contributed by atoms with Gasteiger partial charge in [0.1, 0.15) is 5.78 Å². The molecule has 1 unspecified atom stereocenters. The van der Waals surface area contributed by atoms with Crippen molar-refractivity contribution in [3.63, 3.8) is 0 Å². The van der Waals surface area contributed by atoms with Crippen LogP contribution in [0.1, 0.15) is 19.8 Å². The molecule has 0 N–H and O–H groups in total. The Hall–Kier alpha value is -0.380. The zero-order valence-electron chi connectivity index (χ0n) is 7.30. The van der Waals surface area contributed by atoms with Crippen molar-refractivity contribution in [2.75, 3.05) is 12.4 Å². The highest BCUT2D eigenvalue weighted by Gasteiger charge is 2.13. The van der Waals surface area contributed by atoms with Gasteiger partial charge in [-0.2, -0.15) is 0 Å². The van der Waals surface area contributed by atoms with E-state index >= 15 is 0 Å². The average molecular weight is 237 g/mol. The predicted octanol–water partition coefficient (Wildman–Crippen LogP) is 1.54. The van der Waals surface area contributed by atoms with Crippen molar-refractivity contribution in [3.05, 3.63) is 0 Å². The molecule has 0 heterocycles. The number of hydrogen-bond acceptors (Lipinski definition) is 3. The van der Waals surface area contributed by atoms with Gasteiger partial charge in [-0.05, 0) is 6.42 Å². The molecule has 3 nitrogen and oxygen atoms in total. The van der Waals surface area contributed by atoms with Gasteiger partial charge in [0.25, 0.3) is 0 Å². The Kier molecular flexibility index (Phi) is 5.98. The molecule has 0 rings (SSSR count). The summed E-state index contributed by atoms with van der Waals surface area (Å²) < 4.78 is 4.52. The van der Waals surface area contributed by atoms with Gasteiger partial charge < -0.3 is 4.74 Å². The Morgan fingerprint density at radius 1 is 1.50 bits per heavy atom. The minimum Gasteiger partial charge on any atom is -0.469 e. The molecule has 0 spiro atoms. The van der Waals surface area contributed by atoms with Gasteiger partial charge in [0.2, 0.25) is 0 Å². The number of Topliss-reactive ketones (excluding diaryl/α,β-unsaturated/α-hetero) is 1. The molecule has 0 aromatic heterocycles. The molecule has 0 aliphatic carbocycles. The van der Waals surface area contributed by atoms with E-state index in [2.05, 4.69) is 20.7 Å². The van der Waals surface area contributed by atoms with E-state index in [-0.39, 0.29) is 17.7 Å². The lowest BCUT2D eigenvalue weighted by Gasteiger charge is -2.06. The maximum Gasteiger partial charge on any atom is 0.308 e. The molecule has 4 heteroatoms. The van der Waals surface area contributed by atoms with Gasteiger partial charge in [-0.15, -0.1) is 0 Å². The van der Waals surface area contributed by atoms with Crippen LogP contribution in [0.4, 0.5) is 0 Å². The summed E-state index contributed by atoms with van der Waals surface area (Å²) in [7, 11) is 1.35. The number of halogens is 1. The molecule has 0 aliphatic heterocycles. The zero-order chi connectivity index (χ0) is 9.56. The molecule has 0 aliphatic rings. The third kappa shape index (κ3) is 4.49. The number of carbonyl (C=O) groups excluding carboxylic acids is 2. The van der Waals surface area contributed by atoms with Crippen LogP contribution in [0.5, 0.6) is 0 Å². The molecular weight excluding hydrogens is 224 g/mol. The monoisotopic (exact) mass is 236 g/mol. The fourth-order valence-corrected chi connectivity index (χ4v) is 1.04. The van der Waals surface area contributed by atoms with Crippen molar-refractivity contribution in [2.24, 2.45) is 5.92 Å². The van der Waals surface area contributed by atoms with Crippen LogP contribution in [0.2, 0.25) is 0 Å². The Balaban J connectivity index is 3.63. The lowest BCUT2D eigenvalue weighted by Crippen LogP contribution is -2.14. The van der Waals surface area contributed by atoms with E-state index in [9.17, 15) is 9.59 Å². The fraction of sp³-hybridized carbons (Fsp3) is 0.750. The first kappa shape index (κ1) is 11.6. The standard InChI is InChI=1S/C8H13BrO3/c1-6(8(11)12-2)3-4-7(10)5-9/h6H,3-5H2,1-2H3. The van der Waals surface area contributed by atoms with Crippen molar-refractivity contribution < 1.29 is 14.3 Å². The van der Waals surface area contributed by atoms with Gasteiger partial charge in [-0.25, -0.2) is 0 Å². The van der Waals surface area contributed by atoms with Crippen molar-refractivity contribution >= 4 is 27.7 Å². The molecule has 70 valence electrons. The van der Waals surface area contributed by atoms with Gasteiger partial charge in [0.05, 0.1) is 18.4 Å². The topological polar surface area (TPSA) is 43.4 Å². The molecule has 1 atom stereocenters. The molecule has 0 bridgehead atoms. The number of hydrogen-bond donors (Lipinski definition) is 0. The van der Waals surface area contributed by atoms with Crippen LogP contribution in [0.25, 0.3) is 0 Å². The Bertz CT molecular complexity index is 168. The number of ether oxygens (including phenoxy) is 1. The number of alkyl halides is 1. The zero-order valence-corrected chi connectivity index (χ0v) is 8.89. The summed E-state index contributed by atoms with van der Waals surface area (Å²) in [5, 5.41) is 0.362. The molecular formula is C8H13BrO3. The number of carbonyl (C=O) groups is 2. The number of esters is 1. The Morgan fingerprint density at radius 2 is 2.08 bits per heavy atom. The summed E-state index contributed by atoms with van der Waals surface area (Å²) in [4.78, 5) is 21.7. The van der Waals surface area contributed by atoms with Crippen LogP contribution < -0.4 is 0 Å². The second-order valence-corrected chi connectivity index (χ2v) is 3.20. The SMILES string of the molecule is COC(=O)C(C)CCC(=O)CBr. The number of rotatable bonds is 5. The van der Waals surface area contributed by atoms with Crippen molar-refractivity contribution in [1.82, 2.24) is 0 Å². The highest BCUT2D eigenvalue weighted by atomic mass is 79.9. The van der Waals surface area contributed by atoms with Gasteiger partial charge in [0, 0.05) is 6.42 Å². The number of methoxy groups -OCH3 is 1. The predicted molar refractivity (Wildman–Crippen MR) is 49.2 cm³/mol. The smallest absolute Gasteiger partial charge is 0.308 e. The Labute approximate surface area is 80.6 Å². The molecule has 0 radical (unpaired) electrons. The third-order valence-electron chi connectivity index (χ3n) is 1.61. The minimum atomic E-state index is -0.252. The normalized spacial score (nSPS) is 12.2. The maximum absolute atomic E-state index is 10.9. The van der Waals surface area contributed by atoms with Crippen molar-refractivity contribution in [2.45, 2.75) is 19.8 Å². The van der Waals surface area contributed by atoms with E-state index in [4.69, 9.17) is 0 Å². The van der Waals surface area contributed by atoms with Crippen LogP contribution in [-0.4, -0.2) is 24.2 Å². The summed E-state index contributed by atoms with van der Waals surface area (Å²) in [6.07, 6.45) is 0.999. The summed E-state index contributed by atoms with van der Waals surface area (Å²) in [5.41, 5.74) is 0. The van der Waals surface area contributed by atoms with Crippen LogP contribution in [-0.2, 0) is 14.3 Å². The third-order valence-corrected chi connectivity index (χ3v) is 2.23. The second-order valence-electron chi connectivity index (χ2n) is 2.64. The van der Waals surface area contributed by atoms with E-state index in [1.54, 1.807) is 6.92 Å². The van der Waals surface area contributed by atoms with Crippen LogP contribution >= 0.6 is 15.9 Å². The van der Waals surface area contributed by atoms with Gasteiger partial charge in [-0.1, -0.05) is 22.9 Å². The summed E-state index contributed by atoms with van der Waals surface area (Å²) in [6, 6.07) is 0. The molecule has 0 amide bonds. The molecule has 0 saturated carbocycles. The summed E-state index contributed by atoms with van der Waals surface area (Å²) >= 11 is 3.05. The molecule has 0 aromatic carbocycles. The lowest BCUT2D eigenvalue weighted by molar-refractivity contribution is -0.145. The highest BCUT2D eigenvalue weighted by Crippen LogP contribution is 2.08.